The fourth-order valence-corrected chi connectivity index (χ4v) is 2.65. The summed E-state index contributed by atoms with van der Waals surface area (Å²) in [7, 11) is 0. The number of nitrogens with one attached hydrogen (secondary N) is 1. The van der Waals surface area contributed by atoms with E-state index in [1.807, 2.05) is 44.2 Å². The van der Waals surface area contributed by atoms with Gasteiger partial charge < -0.3 is 16.0 Å². The fraction of sp³-hybridized carbons (Fsp3) is 0.300. The molecule has 0 aromatic heterocycles. The van der Waals surface area contributed by atoms with Crippen LogP contribution in [0.3, 0.4) is 0 Å². The molecule has 1 atom stereocenters. The molecule has 140 valence electrons. The van der Waals surface area contributed by atoms with Gasteiger partial charge in [-0.2, -0.15) is 0 Å². The fourth-order valence-electron chi connectivity index (χ4n) is 2.65. The Bertz CT molecular complexity index is 718. The van der Waals surface area contributed by atoms with Crippen LogP contribution in [0.15, 0.2) is 54.6 Å². The highest BCUT2D eigenvalue weighted by atomic mass is 35.5. The smallest absolute Gasteiger partial charge is 0.253 e. The van der Waals surface area contributed by atoms with Crippen LogP contribution < -0.4 is 11.1 Å². The summed E-state index contributed by atoms with van der Waals surface area (Å²) in [5.41, 5.74) is 8.17. The van der Waals surface area contributed by atoms with Gasteiger partial charge >= 0.3 is 0 Å². The van der Waals surface area contributed by atoms with Crippen LogP contribution in [0.25, 0.3) is 0 Å². The van der Waals surface area contributed by atoms with E-state index in [0.29, 0.717) is 24.3 Å². The first kappa shape index (κ1) is 21.7. The Morgan fingerprint density at radius 2 is 1.69 bits per heavy atom. The van der Waals surface area contributed by atoms with E-state index >= 15 is 0 Å². The minimum Gasteiger partial charge on any atom is -0.339 e. The lowest BCUT2D eigenvalue weighted by Crippen LogP contribution is -2.30. The monoisotopic (exact) mass is 375 g/mol. The molecule has 0 heterocycles. The zero-order valence-electron chi connectivity index (χ0n) is 15.1. The molecule has 0 bridgehead atoms. The summed E-state index contributed by atoms with van der Waals surface area (Å²) in [4.78, 5) is 26.4. The SMILES string of the molecule is CCN(CC)C(=O)c1cccc(NC(=O)CC(N)c2ccccc2)c1.Cl. The van der Waals surface area contributed by atoms with Crippen LogP contribution in [-0.2, 0) is 4.79 Å². The first-order valence-electron chi connectivity index (χ1n) is 8.54. The third-order valence-corrected chi connectivity index (χ3v) is 4.08. The molecule has 0 spiro atoms. The summed E-state index contributed by atoms with van der Waals surface area (Å²) in [6, 6.07) is 16.1. The summed E-state index contributed by atoms with van der Waals surface area (Å²) in [6.07, 6.45) is 0.179. The van der Waals surface area contributed by atoms with Gasteiger partial charge in [-0.25, -0.2) is 0 Å². The summed E-state index contributed by atoms with van der Waals surface area (Å²) >= 11 is 0. The topological polar surface area (TPSA) is 75.4 Å². The van der Waals surface area contributed by atoms with Crippen molar-refractivity contribution in [3.05, 3.63) is 65.7 Å². The molecule has 0 aliphatic carbocycles. The molecular formula is C20H26ClN3O2. The van der Waals surface area contributed by atoms with Gasteiger partial charge in [0.1, 0.15) is 0 Å². The predicted molar refractivity (Wildman–Crippen MR) is 108 cm³/mol. The highest BCUT2D eigenvalue weighted by molar-refractivity contribution is 5.97. The first-order chi connectivity index (χ1) is 12.0. The molecule has 0 aliphatic rings. The molecule has 2 rings (SSSR count). The number of rotatable bonds is 7. The Kier molecular flexibility index (Phi) is 8.82. The zero-order chi connectivity index (χ0) is 18.2. The van der Waals surface area contributed by atoms with Crippen molar-refractivity contribution in [1.29, 1.82) is 0 Å². The maximum atomic E-state index is 12.4. The van der Waals surface area contributed by atoms with Crippen LogP contribution >= 0.6 is 12.4 Å². The Balaban J connectivity index is 0.00000338. The van der Waals surface area contributed by atoms with Crippen LogP contribution in [0.5, 0.6) is 0 Å². The first-order valence-corrected chi connectivity index (χ1v) is 8.54. The Morgan fingerprint density at radius 1 is 1.04 bits per heavy atom. The van der Waals surface area contributed by atoms with E-state index in [0.717, 1.165) is 5.56 Å². The Labute approximate surface area is 161 Å². The van der Waals surface area contributed by atoms with Crippen molar-refractivity contribution in [2.45, 2.75) is 26.3 Å². The lowest BCUT2D eigenvalue weighted by Gasteiger charge is -2.19. The average molecular weight is 376 g/mol. The van der Waals surface area contributed by atoms with Crippen molar-refractivity contribution in [2.75, 3.05) is 18.4 Å². The van der Waals surface area contributed by atoms with E-state index in [4.69, 9.17) is 5.73 Å². The molecule has 1 unspecified atom stereocenters. The van der Waals surface area contributed by atoms with Gasteiger partial charge in [-0.3, -0.25) is 9.59 Å². The van der Waals surface area contributed by atoms with Gasteiger partial charge in [0, 0.05) is 36.8 Å². The van der Waals surface area contributed by atoms with E-state index < -0.39 is 0 Å². The van der Waals surface area contributed by atoms with Crippen molar-refractivity contribution >= 4 is 29.9 Å². The number of halogens is 1. The van der Waals surface area contributed by atoms with Crippen LogP contribution in [0, 0.1) is 0 Å². The van der Waals surface area contributed by atoms with Crippen LogP contribution in [0.2, 0.25) is 0 Å². The van der Waals surface area contributed by atoms with E-state index in [9.17, 15) is 9.59 Å². The average Bonchev–Trinajstić information content (AvgIpc) is 2.63. The second-order valence-electron chi connectivity index (χ2n) is 5.83. The second kappa shape index (κ2) is 10.6. The standard InChI is InChI=1S/C20H25N3O2.ClH/c1-3-23(4-2)20(25)16-11-8-12-17(13-16)22-19(24)14-18(21)15-9-6-5-7-10-15;/h5-13,18H,3-4,14,21H2,1-2H3,(H,22,24);1H. The molecule has 0 aliphatic heterocycles. The number of anilines is 1. The van der Waals surface area contributed by atoms with Crippen LogP contribution in [0.4, 0.5) is 5.69 Å². The highest BCUT2D eigenvalue weighted by Gasteiger charge is 2.15. The van der Waals surface area contributed by atoms with Gasteiger partial charge in [-0.1, -0.05) is 36.4 Å². The lowest BCUT2D eigenvalue weighted by atomic mass is 10.0. The van der Waals surface area contributed by atoms with Gasteiger partial charge in [-0.15, -0.1) is 12.4 Å². The number of carbonyl (C=O) groups excluding carboxylic acids is 2. The summed E-state index contributed by atoms with van der Waals surface area (Å²) in [6.45, 7) is 5.19. The van der Waals surface area contributed by atoms with Crippen molar-refractivity contribution in [1.82, 2.24) is 4.90 Å². The van der Waals surface area contributed by atoms with Gasteiger partial charge in [0.15, 0.2) is 0 Å². The number of nitrogens with zero attached hydrogens (tertiary/aromatic N) is 1. The van der Waals surface area contributed by atoms with Crippen molar-refractivity contribution in [3.8, 4) is 0 Å². The number of benzene rings is 2. The molecule has 2 aromatic carbocycles. The van der Waals surface area contributed by atoms with Gasteiger partial charge in [0.25, 0.3) is 5.91 Å². The number of amides is 2. The maximum Gasteiger partial charge on any atom is 0.253 e. The molecule has 26 heavy (non-hydrogen) atoms. The number of hydrogen-bond donors (Lipinski definition) is 2. The molecule has 3 N–H and O–H groups in total. The van der Waals surface area contributed by atoms with E-state index in [-0.39, 0.29) is 36.7 Å². The molecule has 6 heteroatoms. The summed E-state index contributed by atoms with van der Waals surface area (Å²) in [5.74, 6) is -0.217. The number of hydrogen-bond acceptors (Lipinski definition) is 3. The molecular weight excluding hydrogens is 350 g/mol. The number of nitrogens with two attached hydrogens (primary N) is 1. The predicted octanol–water partition coefficient (Wildman–Crippen LogP) is 3.62. The molecule has 0 fully saturated rings. The minimum atomic E-state index is -0.360. The molecule has 2 amide bonds. The molecule has 0 radical (unpaired) electrons. The number of carbonyl (C=O) groups is 2. The largest absolute Gasteiger partial charge is 0.339 e. The normalized spacial score (nSPS) is 11.2. The van der Waals surface area contributed by atoms with Crippen molar-refractivity contribution in [2.24, 2.45) is 5.73 Å². The second-order valence-corrected chi connectivity index (χ2v) is 5.83. The third kappa shape index (κ3) is 5.86. The maximum absolute atomic E-state index is 12.4. The summed E-state index contributed by atoms with van der Waals surface area (Å²) < 4.78 is 0. The minimum absolute atomic E-state index is 0. The molecule has 0 saturated carbocycles. The van der Waals surface area contributed by atoms with E-state index in [1.165, 1.54) is 0 Å². The third-order valence-electron chi connectivity index (χ3n) is 4.08. The van der Waals surface area contributed by atoms with E-state index in [1.54, 1.807) is 29.2 Å². The molecule has 2 aromatic rings. The Morgan fingerprint density at radius 3 is 2.31 bits per heavy atom. The van der Waals surface area contributed by atoms with E-state index in [2.05, 4.69) is 5.32 Å². The quantitative estimate of drug-likeness (QED) is 0.776. The summed E-state index contributed by atoms with van der Waals surface area (Å²) in [5, 5.41) is 2.82. The van der Waals surface area contributed by atoms with Crippen molar-refractivity contribution < 1.29 is 9.59 Å². The lowest BCUT2D eigenvalue weighted by molar-refractivity contribution is -0.116. The highest BCUT2D eigenvalue weighted by Crippen LogP contribution is 2.17. The van der Waals surface area contributed by atoms with Gasteiger partial charge in [-0.05, 0) is 37.6 Å². The van der Waals surface area contributed by atoms with Crippen molar-refractivity contribution in [3.63, 3.8) is 0 Å². The van der Waals surface area contributed by atoms with Crippen LogP contribution in [0.1, 0.15) is 42.2 Å². The molecule has 0 saturated heterocycles. The molecule has 5 nitrogen and oxygen atoms in total. The Hall–Kier alpha value is -2.37. The van der Waals surface area contributed by atoms with Gasteiger partial charge in [0.2, 0.25) is 5.91 Å². The zero-order valence-corrected chi connectivity index (χ0v) is 16.0. The van der Waals surface area contributed by atoms with Crippen LogP contribution in [-0.4, -0.2) is 29.8 Å². The van der Waals surface area contributed by atoms with Gasteiger partial charge in [0.05, 0.1) is 0 Å².